The highest BCUT2D eigenvalue weighted by atomic mass is 35.5. The van der Waals surface area contributed by atoms with Crippen LogP contribution in [0.1, 0.15) is 30.9 Å². The Balaban J connectivity index is 1.53. The number of hydrogen-bond donors (Lipinski definition) is 0. The number of nitriles is 1. The van der Waals surface area contributed by atoms with E-state index >= 15 is 0 Å². The zero-order valence-corrected chi connectivity index (χ0v) is 20.0. The van der Waals surface area contributed by atoms with Crippen LogP contribution in [0.4, 0.5) is 0 Å². The van der Waals surface area contributed by atoms with Gasteiger partial charge in [0.2, 0.25) is 0 Å². The molecule has 0 aliphatic carbocycles. The third kappa shape index (κ3) is 5.18. The molecule has 0 spiro atoms. The van der Waals surface area contributed by atoms with Gasteiger partial charge in [-0.3, -0.25) is 14.5 Å². The number of hydrogen-bond acceptors (Lipinski definition) is 5. The summed E-state index contributed by atoms with van der Waals surface area (Å²) >= 11 is 12.1. The zero-order valence-electron chi connectivity index (χ0n) is 18.5. The van der Waals surface area contributed by atoms with Crippen LogP contribution in [0.15, 0.2) is 59.2 Å². The Labute approximate surface area is 208 Å². The van der Waals surface area contributed by atoms with E-state index in [0.29, 0.717) is 33.5 Å². The van der Waals surface area contributed by atoms with Crippen LogP contribution >= 0.6 is 23.2 Å². The van der Waals surface area contributed by atoms with Crippen LogP contribution in [0, 0.1) is 11.3 Å². The lowest BCUT2D eigenvalue weighted by Gasteiger charge is -2.29. The molecule has 0 N–H and O–H groups in total. The van der Waals surface area contributed by atoms with Crippen LogP contribution in [0.5, 0.6) is 5.75 Å². The normalized spacial score (nSPS) is 19.6. The topological polar surface area (TPSA) is 79.6 Å². The summed E-state index contributed by atoms with van der Waals surface area (Å²) in [5.41, 5.74) is 2.22. The molecule has 6 nitrogen and oxygen atoms in total. The summed E-state index contributed by atoms with van der Waals surface area (Å²) in [6.45, 7) is 2.66. The summed E-state index contributed by atoms with van der Waals surface area (Å²) in [6.07, 6.45) is 3.16. The number of benzene rings is 2. The number of carbonyl (C=O) groups excluding carboxylic acids is 2. The average Bonchev–Trinajstić information content (AvgIpc) is 3.33. The predicted octanol–water partition coefficient (Wildman–Crippen LogP) is 5.34. The Hall–Kier alpha value is -3.11. The molecular formula is C26H22Cl2N2O4. The van der Waals surface area contributed by atoms with Crippen molar-refractivity contribution in [2.45, 2.75) is 32.5 Å². The minimum atomic E-state index is -0.567. The van der Waals surface area contributed by atoms with Gasteiger partial charge in [-0.25, -0.2) is 0 Å². The Bertz CT molecular complexity index is 1220. The van der Waals surface area contributed by atoms with Gasteiger partial charge >= 0.3 is 0 Å². The van der Waals surface area contributed by atoms with Crippen molar-refractivity contribution in [3.05, 3.63) is 80.4 Å². The molecule has 1 fully saturated rings. The first-order chi connectivity index (χ1) is 16.4. The smallest absolute Gasteiger partial charge is 0.271 e. The molecule has 34 heavy (non-hydrogen) atoms. The minimum Gasteiger partial charge on any atom is -0.489 e. The highest BCUT2D eigenvalue weighted by Gasteiger charge is 2.37. The molecule has 2 heterocycles. The van der Waals surface area contributed by atoms with Gasteiger partial charge in [0.05, 0.1) is 12.6 Å². The number of halogens is 2. The maximum Gasteiger partial charge on any atom is 0.271 e. The average molecular weight is 497 g/mol. The maximum absolute atomic E-state index is 13.2. The Morgan fingerprint density at radius 1 is 1.18 bits per heavy atom. The monoisotopic (exact) mass is 496 g/mol. The van der Waals surface area contributed by atoms with E-state index in [2.05, 4.69) is 0 Å². The lowest BCUT2D eigenvalue weighted by Crippen LogP contribution is -2.46. The van der Waals surface area contributed by atoms with E-state index in [1.54, 1.807) is 49.4 Å². The Kier molecular flexibility index (Phi) is 7.38. The molecule has 2 amide bonds. The second-order valence-corrected chi connectivity index (χ2v) is 8.96. The molecule has 2 aliphatic rings. The SMILES string of the molecule is CC1=C(C#N)C(=O)N(CC2CCCO2)C(=O)/C1=C/c1ccc(OCc2ccc(Cl)cc2Cl)cc1. The summed E-state index contributed by atoms with van der Waals surface area (Å²) in [5, 5.41) is 10.6. The molecule has 174 valence electrons. The molecule has 1 atom stereocenters. The fraction of sp³-hybridized carbons (Fsp3) is 0.269. The zero-order chi connectivity index (χ0) is 24.2. The van der Waals surface area contributed by atoms with Crippen LogP contribution in [0.2, 0.25) is 10.0 Å². The second-order valence-electron chi connectivity index (χ2n) is 8.12. The summed E-state index contributed by atoms with van der Waals surface area (Å²) in [7, 11) is 0. The van der Waals surface area contributed by atoms with Crippen molar-refractivity contribution in [3.63, 3.8) is 0 Å². The van der Waals surface area contributed by atoms with E-state index in [1.165, 1.54) is 0 Å². The van der Waals surface area contributed by atoms with E-state index in [9.17, 15) is 14.9 Å². The van der Waals surface area contributed by atoms with Crippen molar-refractivity contribution < 1.29 is 19.1 Å². The number of amides is 2. The fourth-order valence-corrected chi connectivity index (χ4v) is 4.38. The van der Waals surface area contributed by atoms with Gasteiger partial charge in [0.1, 0.15) is 24.0 Å². The molecule has 4 rings (SSSR count). The van der Waals surface area contributed by atoms with E-state index in [-0.39, 0.29) is 24.8 Å². The molecule has 1 unspecified atom stereocenters. The fourth-order valence-electron chi connectivity index (χ4n) is 3.91. The summed E-state index contributed by atoms with van der Waals surface area (Å²) in [6, 6.07) is 14.4. The summed E-state index contributed by atoms with van der Waals surface area (Å²) in [5.74, 6) is -0.361. The van der Waals surface area contributed by atoms with E-state index in [0.717, 1.165) is 28.9 Å². The molecule has 2 aromatic carbocycles. The molecule has 1 saturated heterocycles. The first kappa shape index (κ1) is 24.0. The molecule has 0 radical (unpaired) electrons. The summed E-state index contributed by atoms with van der Waals surface area (Å²) in [4.78, 5) is 27.0. The van der Waals surface area contributed by atoms with Gasteiger partial charge in [-0.15, -0.1) is 0 Å². The number of rotatable bonds is 6. The molecule has 0 saturated carbocycles. The number of ether oxygens (including phenoxy) is 2. The van der Waals surface area contributed by atoms with Gasteiger partial charge in [0, 0.05) is 27.8 Å². The van der Waals surface area contributed by atoms with E-state index < -0.39 is 11.8 Å². The minimum absolute atomic E-state index is 0.0244. The lowest BCUT2D eigenvalue weighted by molar-refractivity contribution is -0.142. The third-order valence-electron chi connectivity index (χ3n) is 5.84. The number of imide groups is 1. The van der Waals surface area contributed by atoms with Crippen LogP contribution < -0.4 is 4.74 Å². The molecule has 2 aromatic rings. The van der Waals surface area contributed by atoms with Crippen LogP contribution in [-0.4, -0.2) is 36.0 Å². The molecular weight excluding hydrogens is 475 g/mol. The van der Waals surface area contributed by atoms with Gasteiger partial charge in [0.15, 0.2) is 0 Å². The van der Waals surface area contributed by atoms with Crippen LogP contribution in [0.3, 0.4) is 0 Å². The largest absolute Gasteiger partial charge is 0.489 e. The van der Waals surface area contributed by atoms with Crippen molar-refractivity contribution in [1.82, 2.24) is 4.90 Å². The third-order valence-corrected chi connectivity index (χ3v) is 6.42. The van der Waals surface area contributed by atoms with Crippen LogP contribution in [-0.2, 0) is 20.9 Å². The van der Waals surface area contributed by atoms with Crippen molar-refractivity contribution in [1.29, 1.82) is 5.26 Å². The van der Waals surface area contributed by atoms with Crippen molar-refractivity contribution in [3.8, 4) is 11.8 Å². The van der Waals surface area contributed by atoms with Gasteiger partial charge in [-0.05, 0) is 61.2 Å². The Morgan fingerprint density at radius 2 is 1.94 bits per heavy atom. The van der Waals surface area contributed by atoms with Gasteiger partial charge < -0.3 is 9.47 Å². The maximum atomic E-state index is 13.2. The van der Waals surface area contributed by atoms with Crippen molar-refractivity contribution in [2.75, 3.05) is 13.2 Å². The lowest BCUT2D eigenvalue weighted by atomic mass is 9.93. The number of nitrogens with zero attached hydrogens (tertiary/aromatic N) is 2. The first-order valence-electron chi connectivity index (χ1n) is 10.8. The van der Waals surface area contributed by atoms with Gasteiger partial charge in [-0.2, -0.15) is 5.26 Å². The Morgan fingerprint density at radius 3 is 2.59 bits per heavy atom. The van der Waals surface area contributed by atoms with E-state index in [1.807, 2.05) is 12.1 Å². The van der Waals surface area contributed by atoms with Crippen LogP contribution in [0.25, 0.3) is 6.08 Å². The van der Waals surface area contributed by atoms with Crippen molar-refractivity contribution in [2.24, 2.45) is 0 Å². The summed E-state index contributed by atoms with van der Waals surface area (Å²) < 4.78 is 11.4. The highest BCUT2D eigenvalue weighted by molar-refractivity contribution is 6.35. The predicted molar refractivity (Wildman–Crippen MR) is 129 cm³/mol. The number of carbonyl (C=O) groups is 2. The first-order valence-corrected chi connectivity index (χ1v) is 11.6. The standard InChI is InChI=1S/C26H22Cl2N2O4/c1-16-22(25(31)30(26(32)23(16)13-29)14-21-3-2-10-33-21)11-17-4-8-20(9-5-17)34-15-18-6-7-19(27)12-24(18)28/h4-9,11-12,21H,2-3,10,14-15H2,1H3/b22-11+. The second kappa shape index (κ2) is 10.4. The van der Waals surface area contributed by atoms with Gasteiger partial charge in [0.25, 0.3) is 11.8 Å². The van der Waals surface area contributed by atoms with E-state index in [4.69, 9.17) is 32.7 Å². The van der Waals surface area contributed by atoms with Crippen molar-refractivity contribution >= 4 is 41.1 Å². The quantitative estimate of drug-likeness (QED) is 0.398. The molecule has 2 aliphatic heterocycles. The van der Waals surface area contributed by atoms with Gasteiger partial charge in [-0.1, -0.05) is 41.4 Å². The molecule has 8 heteroatoms. The molecule has 0 bridgehead atoms. The highest BCUT2D eigenvalue weighted by Crippen LogP contribution is 2.29. The molecule has 0 aromatic heterocycles.